The van der Waals surface area contributed by atoms with Crippen molar-refractivity contribution >= 4 is 0 Å². The van der Waals surface area contributed by atoms with Gasteiger partial charge in [-0.25, -0.2) is 8.78 Å². The van der Waals surface area contributed by atoms with Crippen molar-refractivity contribution in [1.29, 1.82) is 0 Å². The fraction of sp³-hybridized carbons (Fsp3) is 1.00. The Hall–Kier alpha value is -0.360. The third kappa shape index (κ3) is 2.75. The standard InChI is InChI=1S/C13H21F4NO/c1-2-19-10-7-9(12(10)5-3-4-6-12)18-8-13(16,17)11(14)15/h9-11,18H,2-8H2,1H3. The van der Waals surface area contributed by atoms with Gasteiger partial charge in [-0.15, -0.1) is 0 Å². The molecule has 112 valence electrons. The summed E-state index contributed by atoms with van der Waals surface area (Å²) in [6.07, 6.45) is 1.14. The Morgan fingerprint density at radius 3 is 2.47 bits per heavy atom. The van der Waals surface area contributed by atoms with E-state index in [0.717, 1.165) is 25.7 Å². The van der Waals surface area contributed by atoms with E-state index in [2.05, 4.69) is 5.32 Å². The highest BCUT2D eigenvalue weighted by molar-refractivity contribution is 5.10. The molecule has 2 atom stereocenters. The Morgan fingerprint density at radius 1 is 1.32 bits per heavy atom. The first kappa shape index (κ1) is 15.0. The minimum atomic E-state index is -3.95. The quantitative estimate of drug-likeness (QED) is 0.756. The molecule has 2 unspecified atom stereocenters. The van der Waals surface area contributed by atoms with Crippen molar-refractivity contribution in [3.05, 3.63) is 0 Å². The maximum absolute atomic E-state index is 12.9. The number of hydrogen-bond acceptors (Lipinski definition) is 2. The van der Waals surface area contributed by atoms with Crippen molar-refractivity contribution < 1.29 is 22.3 Å². The first-order valence-corrected chi connectivity index (χ1v) is 6.93. The largest absolute Gasteiger partial charge is 0.378 e. The third-order valence-electron chi connectivity index (χ3n) is 4.59. The van der Waals surface area contributed by atoms with Gasteiger partial charge in [0.2, 0.25) is 0 Å². The van der Waals surface area contributed by atoms with E-state index in [0.29, 0.717) is 13.0 Å². The smallest absolute Gasteiger partial charge is 0.319 e. The van der Waals surface area contributed by atoms with Gasteiger partial charge >= 0.3 is 12.3 Å². The molecule has 0 heterocycles. The summed E-state index contributed by atoms with van der Waals surface area (Å²) in [4.78, 5) is 0. The molecule has 0 aromatic heterocycles. The summed E-state index contributed by atoms with van der Waals surface area (Å²) in [5, 5.41) is 2.65. The molecule has 2 nitrogen and oxygen atoms in total. The second-order valence-corrected chi connectivity index (χ2v) is 5.62. The van der Waals surface area contributed by atoms with Crippen molar-refractivity contribution in [3.63, 3.8) is 0 Å². The van der Waals surface area contributed by atoms with Crippen LogP contribution in [0, 0.1) is 5.41 Å². The maximum Gasteiger partial charge on any atom is 0.319 e. The molecule has 2 rings (SSSR count). The van der Waals surface area contributed by atoms with Gasteiger partial charge in [0.15, 0.2) is 0 Å². The summed E-state index contributed by atoms with van der Waals surface area (Å²) in [6.45, 7) is 1.57. The van der Waals surface area contributed by atoms with Crippen LogP contribution in [0.5, 0.6) is 0 Å². The number of nitrogens with one attached hydrogen (secondary N) is 1. The molecule has 0 amide bonds. The van der Waals surface area contributed by atoms with Gasteiger partial charge in [0, 0.05) is 18.1 Å². The monoisotopic (exact) mass is 283 g/mol. The van der Waals surface area contributed by atoms with Gasteiger partial charge in [-0.3, -0.25) is 0 Å². The van der Waals surface area contributed by atoms with Crippen LogP contribution in [0.25, 0.3) is 0 Å². The van der Waals surface area contributed by atoms with Gasteiger partial charge in [-0.05, 0) is 26.2 Å². The summed E-state index contributed by atoms with van der Waals surface area (Å²) in [7, 11) is 0. The Balaban J connectivity index is 1.91. The molecule has 0 saturated heterocycles. The number of halogens is 4. The highest BCUT2D eigenvalue weighted by Gasteiger charge is 2.57. The molecule has 0 radical (unpaired) electrons. The third-order valence-corrected chi connectivity index (χ3v) is 4.59. The Morgan fingerprint density at radius 2 is 1.95 bits per heavy atom. The van der Waals surface area contributed by atoms with Crippen LogP contribution in [-0.2, 0) is 4.74 Å². The van der Waals surface area contributed by atoms with Crippen molar-refractivity contribution in [2.75, 3.05) is 13.2 Å². The average molecular weight is 283 g/mol. The average Bonchev–Trinajstić information content (AvgIpc) is 2.84. The van der Waals surface area contributed by atoms with Crippen molar-refractivity contribution in [2.45, 2.75) is 63.5 Å². The van der Waals surface area contributed by atoms with E-state index in [4.69, 9.17) is 4.74 Å². The zero-order chi connectivity index (χ0) is 14.1. The van der Waals surface area contributed by atoms with Gasteiger partial charge in [0.25, 0.3) is 0 Å². The van der Waals surface area contributed by atoms with E-state index in [1.165, 1.54) is 0 Å². The minimum absolute atomic E-state index is 0.0951. The summed E-state index contributed by atoms with van der Waals surface area (Å²) >= 11 is 0. The van der Waals surface area contributed by atoms with Crippen molar-refractivity contribution in [1.82, 2.24) is 5.32 Å². The van der Waals surface area contributed by atoms with Crippen LogP contribution in [-0.4, -0.2) is 37.6 Å². The van der Waals surface area contributed by atoms with E-state index >= 15 is 0 Å². The van der Waals surface area contributed by atoms with E-state index in [-0.39, 0.29) is 17.6 Å². The van der Waals surface area contributed by atoms with Crippen LogP contribution in [0.15, 0.2) is 0 Å². The summed E-state index contributed by atoms with van der Waals surface area (Å²) < 4.78 is 55.8. The van der Waals surface area contributed by atoms with Crippen molar-refractivity contribution in [2.24, 2.45) is 5.41 Å². The normalized spacial score (nSPS) is 30.0. The van der Waals surface area contributed by atoms with E-state index in [1.54, 1.807) is 0 Å². The fourth-order valence-electron chi connectivity index (χ4n) is 3.51. The number of hydrogen-bond donors (Lipinski definition) is 1. The molecule has 0 bridgehead atoms. The molecule has 1 spiro atoms. The molecular formula is C13H21F4NO. The van der Waals surface area contributed by atoms with Gasteiger partial charge < -0.3 is 10.1 Å². The Kier molecular flexibility index (Phi) is 4.40. The van der Waals surface area contributed by atoms with Crippen LogP contribution in [0.1, 0.15) is 39.0 Å². The molecule has 19 heavy (non-hydrogen) atoms. The topological polar surface area (TPSA) is 21.3 Å². The number of rotatable bonds is 6. The second-order valence-electron chi connectivity index (χ2n) is 5.62. The molecule has 0 aromatic rings. The predicted octanol–water partition coefficient (Wildman–Crippen LogP) is 3.21. The molecule has 6 heteroatoms. The van der Waals surface area contributed by atoms with Gasteiger partial charge in [-0.1, -0.05) is 12.8 Å². The van der Waals surface area contributed by atoms with E-state index in [9.17, 15) is 17.6 Å². The zero-order valence-corrected chi connectivity index (χ0v) is 11.1. The van der Waals surface area contributed by atoms with Gasteiger partial charge in [0.1, 0.15) is 0 Å². The Labute approximate surface area is 110 Å². The first-order chi connectivity index (χ1) is 8.92. The Bertz CT molecular complexity index is 305. The molecule has 1 N–H and O–H groups in total. The molecule has 2 aliphatic carbocycles. The van der Waals surface area contributed by atoms with Crippen LogP contribution in [0.4, 0.5) is 17.6 Å². The van der Waals surface area contributed by atoms with Crippen molar-refractivity contribution in [3.8, 4) is 0 Å². The van der Waals surface area contributed by atoms with Crippen LogP contribution < -0.4 is 5.32 Å². The van der Waals surface area contributed by atoms with Crippen LogP contribution in [0.3, 0.4) is 0 Å². The summed E-state index contributed by atoms with van der Waals surface area (Å²) in [5.41, 5.74) is -0.103. The highest BCUT2D eigenvalue weighted by Crippen LogP contribution is 2.54. The lowest BCUT2D eigenvalue weighted by molar-refractivity contribution is -0.153. The number of alkyl halides is 4. The van der Waals surface area contributed by atoms with Crippen LogP contribution in [0.2, 0.25) is 0 Å². The lowest BCUT2D eigenvalue weighted by atomic mass is 9.60. The lowest BCUT2D eigenvalue weighted by Crippen LogP contribution is -2.64. The summed E-state index contributed by atoms with van der Waals surface area (Å²) in [5.74, 6) is -3.95. The number of ether oxygens (including phenoxy) is 1. The lowest BCUT2D eigenvalue weighted by Gasteiger charge is -2.54. The fourth-order valence-corrected chi connectivity index (χ4v) is 3.51. The molecular weight excluding hydrogens is 262 g/mol. The molecule has 2 fully saturated rings. The minimum Gasteiger partial charge on any atom is -0.378 e. The van der Waals surface area contributed by atoms with E-state index < -0.39 is 18.9 Å². The van der Waals surface area contributed by atoms with Gasteiger partial charge in [0.05, 0.1) is 12.6 Å². The molecule has 0 aromatic carbocycles. The molecule has 2 saturated carbocycles. The summed E-state index contributed by atoms with van der Waals surface area (Å²) in [6, 6.07) is -0.115. The maximum atomic E-state index is 12.9. The van der Waals surface area contributed by atoms with Crippen LogP contribution >= 0.6 is 0 Å². The predicted molar refractivity (Wildman–Crippen MR) is 63.7 cm³/mol. The first-order valence-electron chi connectivity index (χ1n) is 6.93. The zero-order valence-electron chi connectivity index (χ0n) is 11.1. The SMILES string of the molecule is CCOC1CC(NCC(F)(F)C(F)F)C12CCCC2. The van der Waals surface area contributed by atoms with E-state index in [1.807, 2.05) is 6.92 Å². The molecule has 2 aliphatic rings. The van der Waals surface area contributed by atoms with Gasteiger partial charge in [-0.2, -0.15) is 8.78 Å². The highest BCUT2D eigenvalue weighted by atomic mass is 19.3. The molecule has 0 aliphatic heterocycles. The second kappa shape index (κ2) is 5.56.